The molecular weight excluding hydrogens is 316 g/mol. The summed E-state index contributed by atoms with van der Waals surface area (Å²) in [6.45, 7) is 7.23. The van der Waals surface area contributed by atoms with Gasteiger partial charge in [0, 0.05) is 32.2 Å². The van der Waals surface area contributed by atoms with Crippen LogP contribution in [0.25, 0.3) is 0 Å². The van der Waals surface area contributed by atoms with Crippen molar-refractivity contribution in [3.05, 3.63) is 0 Å². The van der Waals surface area contributed by atoms with E-state index in [0.717, 1.165) is 57.4 Å². The predicted molar refractivity (Wildman–Crippen MR) is 98.2 cm³/mol. The molecule has 1 heterocycles. The van der Waals surface area contributed by atoms with Gasteiger partial charge in [-0.1, -0.05) is 19.8 Å². The van der Waals surface area contributed by atoms with Crippen LogP contribution in [-0.4, -0.2) is 73.5 Å². The summed E-state index contributed by atoms with van der Waals surface area (Å²) in [5.74, 6) is 1.86. The van der Waals surface area contributed by atoms with E-state index < -0.39 is 0 Å². The van der Waals surface area contributed by atoms with E-state index in [1.165, 1.54) is 25.7 Å². The molecule has 2 unspecified atom stereocenters. The molecule has 2 amide bonds. The van der Waals surface area contributed by atoms with Crippen LogP contribution in [0.3, 0.4) is 0 Å². The first kappa shape index (κ1) is 18.6. The molecular formula is C19H34N4O2. The van der Waals surface area contributed by atoms with Crippen molar-refractivity contribution in [3.63, 3.8) is 0 Å². The SMILES string of the molecule is CC1CCCC(NC(=O)CN2CCN(C(=O)CNCC3CC3)CC2)C1. The smallest absolute Gasteiger partial charge is 0.236 e. The van der Waals surface area contributed by atoms with Gasteiger partial charge in [0.05, 0.1) is 13.1 Å². The number of hydrogen-bond acceptors (Lipinski definition) is 4. The molecule has 3 fully saturated rings. The summed E-state index contributed by atoms with van der Waals surface area (Å²) in [6, 6.07) is 0.358. The lowest BCUT2D eigenvalue weighted by atomic mass is 9.87. The van der Waals surface area contributed by atoms with Crippen LogP contribution in [0.15, 0.2) is 0 Å². The first-order valence-corrected chi connectivity index (χ1v) is 10.1. The van der Waals surface area contributed by atoms with Crippen molar-refractivity contribution in [1.82, 2.24) is 20.4 Å². The van der Waals surface area contributed by atoms with Crippen LogP contribution in [0.4, 0.5) is 0 Å². The second-order valence-electron chi connectivity index (χ2n) is 8.27. The monoisotopic (exact) mass is 350 g/mol. The van der Waals surface area contributed by atoms with Crippen molar-refractivity contribution < 1.29 is 9.59 Å². The molecule has 142 valence electrons. The van der Waals surface area contributed by atoms with Crippen LogP contribution in [-0.2, 0) is 9.59 Å². The van der Waals surface area contributed by atoms with Crippen molar-refractivity contribution in [2.75, 3.05) is 45.8 Å². The van der Waals surface area contributed by atoms with Gasteiger partial charge in [-0.15, -0.1) is 0 Å². The number of nitrogens with one attached hydrogen (secondary N) is 2. The van der Waals surface area contributed by atoms with E-state index >= 15 is 0 Å². The standard InChI is InChI=1S/C19H34N4O2/c1-15-3-2-4-17(11-15)21-18(24)14-22-7-9-23(10-8-22)19(25)13-20-12-16-5-6-16/h15-17,20H,2-14H2,1H3,(H,21,24). The van der Waals surface area contributed by atoms with Gasteiger partial charge in [0.25, 0.3) is 0 Å². The minimum Gasteiger partial charge on any atom is -0.352 e. The zero-order valence-electron chi connectivity index (χ0n) is 15.6. The maximum absolute atomic E-state index is 12.3. The summed E-state index contributed by atoms with van der Waals surface area (Å²) < 4.78 is 0. The van der Waals surface area contributed by atoms with E-state index in [1.54, 1.807) is 0 Å². The highest BCUT2D eigenvalue weighted by Gasteiger charge is 2.25. The van der Waals surface area contributed by atoms with Gasteiger partial charge in [-0.2, -0.15) is 0 Å². The molecule has 0 spiro atoms. The highest BCUT2D eigenvalue weighted by molar-refractivity contribution is 5.79. The Morgan fingerprint density at radius 3 is 2.48 bits per heavy atom. The van der Waals surface area contributed by atoms with Crippen molar-refractivity contribution in [1.29, 1.82) is 0 Å². The van der Waals surface area contributed by atoms with Gasteiger partial charge in [-0.3, -0.25) is 14.5 Å². The fourth-order valence-corrected chi connectivity index (χ4v) is 4.01. The molecule has 6 nitrogen and oxygen atoms in total. The van der Waals surface area contributed by atoms with Crippen LogP contribution in [0.2, 0.25) is 0 Å². The van der Waals surface area contributed by atoms with Crippen LogP contribution < -0.4 is 10.6 Å². The molecule has 0 bridgehead atoms. The minimum absolute atomic E-state index is 0.143. The largest absolute Gasteiger partial charge is 0.352 e. The van der Waals surface area contributed by atoms with Gasteiger partial charge in [0.1, 0.15) is 0 Å². The average molecular weight is 351 g/mol. The van der Waals surface area contributed by atoms with Crippen LogP contribution in [0, 0.1) is 11.8 Å². The number of piperazine rings is 1. The molecule has 0 aromatic heterocycles. The third kappa shape index (κ3) is 6.26. The lowest BCUT2D eigenvalue weighted by molar-refractivity contribution is -0.132. The molecule has 3 rings (SSSR count). The van der Waals surface area contributed by atoms with Gasteiger partial charge in [-0.25, -0.2) is 0 Å². The molecule has 2 saturated carbocycles. The summed E-state index contributed by atoms with van der Waals surface area (Å²) in [7, 11) is 0. The van der Waals surface area contributed by atoms with Crippen molar-refractivity contribution in [2.24, 2.45) is 11.8 Å². The lowest BCUT2D eigenvalue weighted by Gasteiger charge is -2.35. The average Bonchev–Trinajstić information content (AvgIpc) is 3.39. The molecule has 2 atom stereocenters. The van der Waals surface area contributed by atoms with E-state index in [4.69, 9.17) is 0 Å². The third-order valence-electron chi connectivity index (χ3n) is 5.80. The maximum Gasteiger partial charge on any atom is 0.236 e. The summed E-state index contributed by atoms with van der Waals surface area (Å²) in [6.07, 6.45) is 7.36. The van der Waals surface area contributed by atoms with E-state index in [2.05, 4.69) is 22.5 Å². The lowest BCUT2D eigenvalue weighted by Crippen LogP contribution is -2.53. The topological polar surface area (TPSA) is 64.7 Å². The molecule has 2 aliphatic carbocycles. The zero-order valence-corrected chi connectivity index (χ0v) is 15.6. The van der Waals surface area contributed by atoms with Crippen molar-refractivity contribution >= 4 is 11.8 Å². The highest BCUT2D eigenvalue weighted by atomic mass is 16.2. The first-order chi connectivity index (χ1) is 12.1. The fraction of sp³-hybridized carbons (Fsp3) is 0.895. The molecule has 1 aliphatic heterocycles. The Balaban J connectivity index is 1.30. The van der Waals surface area contributed by atoms with Crippen LogP contribution >= 0.6 is 0 Å². The Morgan fingerprint density at radius 1 is 1.04 bits per heavy atom. The maximum atomic E-state index is 12.3. The number of carbonyl (C=O) groups is 2. The number of amides is 2. The minimum atomic E-state index is 0.143. The third-order valence-corrected chi connectivity index (χ3v) is 5.80. The molecule has 0 aromatic carbocycles. The Morgan fingerprint density at radius 2 is 1.80 bits per heavy atom. The Labute approximate surface area is 151 Å². The molecule has 6 heteroatoms. The van der Waals surface area contributed by atoms with E-state index in [-0.39, 0.29) is 11.8 Å². The second kappa shape index (κ2) is 8.99. The van der Waals surface area contributed by atoms with E-state index in [9.17, 15) is 9.59 Å². The molecule has 25 heavy (non-hydrogen) atoms. The molecule has 1 saturated heterocycles. The predicted octanol–water partition coefficient (Wildman–Crippen LogP) is 0.825. The van der Waals surface area contributed by atoms with Gasteiger partial charge >= 0.3 is 0 Å². The Kier molecular flexibility index (Phi) is 6.70. The zero-order chi connectivity index (χ0) is 17.6. The van der Waals surface area contributed by atoms with Gasteiger partial charge in [0.2, 0.25) is 11.8 Å². The summed E-state index contributed by atoms with van der Waals surface area (Å²) in [5.41, 5.74) is 0. The number of carbonyl (C=O) groups excluding carboxylic acids is 2. The van der Waals surface area contributed by atoms with Crippen LogP contribution in [0.5, 0.6) is 0 Å². The Hall–Kier alpha value is -1.14. The van der Waals surface area contributed by atoms with Gasteiger partial charge in [0.15, 0.2) is 0 Å². The molecule has 3 aliphatic rings. The number of hydrogen-bond donors (Lipinski definition) is 2. The highest BCUT2D eigenvalue weighted by Crippen LogP contribution is 2.27. The summed E-state index contributed by atoms with van der Waals surface area (Å²) >= 11 is 0. The van der Waals surface area contributed by atoms with Gasteiger partial charge in [-0.05, 0) is 44.1 Å². The number of nitrogens with zero attached hydrogens (tertiary/aromatic N) is 2. The van der Waals surface area contributed by atoms with E-state index in [1.807, 2.05) is 4.90 Å². The van der Waals surface area contributed by atoms with Crippen molar-refractivity contribution in [3.8, 4) is 0 Å². The summed E-state index contributed by atoms with van der Waals surface area (Å²) in [4.78, 5) is 28.6. The fourth-order valence-electron chi connectivity index (χ4n) is 4.01. The summed E-state index contributed by atoms with van der Waals surface area (Å²) in [5, 5.41) is 6.47. The quantitative estimate of drug-likeness (QED) is 0.714. The van der Waals surface area contributed by atoms with Gasteiger partial charge < -0.3 is 15.5 Å². The van der Waals surface area contributed by atoms with Crippen molar-refractivity contribution in [2.45, 2.75) is 51.5 Å². The normalized spacial score (nSPS) is 28.0. The van der Waals surface area contributed by atoms with Crippen LogP contribution in [0.1, 0.15) is 45.4 Å². The first-order valence-electron chi connectivity index (χ1n) is 10.1. The Bertz CT molecular complexity index is 458. The number of rotatable bonds is 7. The second-order valence-corrected chi connectivity index (χ2v) is 8.27. The molecule has 0 aromatic rings. The van der Waals surface area contributed by atoms with E-state index in [0.29, 0.717) is 19.1 Å². The molecule has 0 radical (unpaired) electrons. The molecule has 2 N–H and O–H groups in total.